The molecule has 1 saturated heterocycles. The van der Waals surface area contributed by atoms with Gasteiger partial charge in [-0.1, -0.05) is 0 Å². The summed E-state index contributed by atoms with van der Waals surface area (Å²) >= 11 is 0. The van der Waals surface area contributed by atoms with E-state index in [2.05, 4.69) is 20.3 Å². The number of fused-ring (bicyclic) bond motifs is 1. The number of imidazole rings is 1. The molecule has 0 bridgehead atoms. The smallest absolute Gasteiger partial charge is 0.312 e. The minimum absolute atomic E-state index is 0.195. The van der Waals surface area contributed by atoms with Crippen LogP contribution >= 0.6 is 0 Å². The van der Waals surface area contributed by atoms with Crippen LogP contribution in [0.3, 0.4) is 0 Å². The fraction of sp³-hybridized carbons (Fsp3) is 0.389. The van der Waals surface area contributed by atoms with E-state index in [1.807, 2.05) is 0 Å². The van der Waals surface area contributed by atoms with E-state index in [4.69, 9.17) is 18.9 Å². The van der Waals surface area contributed by atoms with E-state index in [-0.39, 0.29) is 12.0 Å². The number of nitrogens with one attached hydrogen (secondary N) is 1. The third kappa shape index (κ3) is 3.15. The van der Waals surface area contributed by atoms with Crippen LogP contribution in [0.2, 0.25) is 0 Å². The second kappa shape index (κ2) is 7.47. The lowest BCUT2D eigenvalue weighted by Crippen LogP contribution is -2.08. The molecule has 148 valence electrons. The van der Waals surface area contributed by atoms with Crippen molar-refractivity contribution in [3.8, 4) is 17.2 Å². The zero-order chi connectivity index (χ0) is 19.7. The van der Waals surface area contributed by atoms with Gasteiger partial charge < -0.3 is 24.3 Å². The zero-order valence-electron chi connectivity index (χ0n) is 15.7. The number of ether oxygens (including phenoxy) is 4. The molecule has 1 aliphatic rings. The van der Waals surface area contributed by atoms with Crippen LogP contribution < -0.4 is 19.5 Å². The van der Waals surface area contributed by atoms with Gasteiger partial charge in [-0.05, 0) is 12.8 Å². The Morgan fingerprint density at radius 2 is 1.89 bits per heavy atom. The third-order valence-corrected chi connectivity index (χ3v) is 4.57. The summed E-state index contributed by atoms with van der Waals surface area (Å²) in [5, 5.41) is 3.07. The predicted molar refractivity (Wildman–Crippen MR) is 98.9 cm³/mol. The summed E-state index contributed by atoms with van der Waals surface area (Å²) in [5.74, 6) is 1.64. The maximum absolute atomic E-state index is 14.2. The first-order chi connectivity index (χ1) is 13.6. The molecule has 1 unspecified atom stereocenters. The highest BCUT2D eigenvalue weighted by Gasteiger charge is 2.23. The number of nitrogens with zero attached hydrogens (tertiary/aromatic N) is 4. The van der Waals surface area contributed by atoms with E-state index >= 15 is 0 Å². The molecule has 1 aliphatic heterocycles. The summed E-state index contributed by atoms with van der Waals surface area (Å²) in [6.07, 6.45) is 2.25. The van der Waals surface area contributed by atoms with E-state index in [0.29, 0.717) is 40.7 Å². The Bertz CT molecular complexity index is 978. The molecule has 28 heavy (non-hydrogen) atoms. The Morgan fingerprint density at radius 3 is 2.50 bits per heavy atom. The molecule has 0 spiro atoms. The van der Waals surface area contributed by atoms with Gasteiger partial charge in [-0.2, -0.15) is 14.4 Å². The Labute approximate surface area is 160 Å². The summed E-state index contributed by atoms with van der Waals surface area (Å²) in [4.78, 5) is 12.2. The lowest BCUT2D eigenvalue weighted by molar-refractivity contribution is 0.0592. The van der Waals surface area contributed by atoms with Crippen molar-refractivity contribution in [2.24, 2.45) is 0 Å². The van der Waals surface area contributed by atoms with Crippen LogP contribution in [0.25, 0.3) is 11.2 Å². The third-order valence-electron chi connectivity index (χ3n) is 4.57. The molecular formula is C18H20FN5O4. The highest BCUT2D eigenvalue weighted by atomic mass is 19.1. The van der Waals surface area contributed by atoms with Gasteiger partial charge in [-0.3, -0.25) is 4.57 Å². The van der Waals surface area contributed by atoms with Crippen molar-refractivity contribution in [3.05, 3.63) is 24.5 Å². The van der Waals surface area contributed by atoms with Gasteiger partial charge in [0, 0.05) is 18.7 Å². The summed E-state index contributed by atoms with van der Waals surface area (Å²) in [6.45, 7) is 0.656. The van der Waals surface area contributed by atoms with Crippen molar-refractivity contribution in [2.75, 3.05) is 33.3 Å². The average molecular weight is 389 g/mol. The van der Waals surface area contributed by atoms with Crippen LogP contribution in [0.4, 0.5) is 15.9 Å². The van der Waals surface area contributed by atoms with Crippen LogP contribution in [0.5, 0.6) is 17.2 Å². The second-order valence-corrected chi connectivity index (χ2v) is 6.16. The fourth-order valence-corrected chi connectivity index (χ4v) is 3.22. The van der Waals surface area contributed by atoms with E-state index in [1.165, 1.54) is 14.2 Å². The summed E-state index contributed by atoms with van der Waals surface area (Å²) < 4.78 is 37.7. The molecule has 9 nitrogen and oxygen atoms in total. The molecule has 10 heteroatoms. The molecule has 0 radical (unpaired) electrons. The predicted octanol–water partition coefficient (Wildman–Crippen LogP) is 3.04. The minimum Gasteiger partial charge on any atom is -0.496 e. The van der Waals surface area contributed by atoms with Crippen LogP contribution in [0.15, 0.2) is 18.5 Å². The van der Waals surface area contributed by atoms with Gasteiger partial charge in [-0.25, -0.2) is 4.98 Å². The van der Waals surface area contributed by atoms with Crippen molar-refractivity contribution in [3.63, 3.8) is 0 Å². The van der Waals surface area contributed by atoms with Crippen LogP contribution in [0, 0.1) is 6.08 Å². The molecule has 3 aromatic rings. The highest BCUT2D eigenvalue weighted by Crippen LogP contribution is 2.41. The number of hydrogen-bond donors (Lipinski definition) is 1. The Kier molecular flexibility index (Phi) is 4.86. The number of hydrogen-bond acceptors (Lipinski definition) is 8. The fourth-order valence-electron chi connectivity index (χ4n) is 3.22. The summed E-state index contributed by atoms with van der Waals surface area (Å²) in [7, 11) is 4.58. The van der Waals surface area contributed by atoms with Gasteiger partial charge in [0.05, 0.1) is 27.7 Å². The molecular weight excluding hydrogens is 369 g/mol. The zero-order valence-corrected chi connectivity index (χ0v) is 15.7. The highest BCUT2D eigenvalue weighted by molar-refractivity contribution is 5.87. The molecule has 0 aliphatic carbocycles. The standard InChI is InChI=1S/C18H20FN5O4/c1-25-10-7-11(26-2)14(12(8-10)27-3)21-16-15-17(23-18(19)22-16)24(9-20-15)13-5-4-6-28-13/h7-9,13H,4-6H2,1-3H3,(H,21,22,23). The van der Waals surface area contributed by atoms with Crippen molar-refractivity contribution < 1.29 is 23.3 Å². The number of aromatic nitrogens is 4. The minimum atomic E-state index is -0.874. The van der Waals surface area contributed by atoms with E-state index < -0.39 is 6.08 Å². The second-order valence-electron chi connectivity index (χ2n) is 6.16. The molecule has 1 atom stereocenters. The largest absolute Gasteiger partial charge is 0.496 e. The van der Waals surface area contributed by atoms with Gasteiger partial charge in [0.15, 0.2) is 17.0 Å². The number of anilines is 2. The maximum atomic E-state index is 14.2. The van der Waals surface area contributed by atoms with Gasteiger partial charge >= 0.3 is 6.08 Å². The van der Waals surface area contributed by atoms with Crippen molar-refractivity contribution in [1.29, 1.82) is 0 Å². The maximum Gasteiger partial charge on any atom is 0.312 e. The molecule has 1 fully saturated rings. The molecule has 1 N–H and O–H groups in total. The molecule has 0 saturated carbocycles. The molecule has 2 aromatic heterocycles. The van der Waals surface area contributed by atoms with Gasteiger partial charge in [0.2, 0.25) is 0 Å². The van der Waals surface area contributed by atoms with Crippen molar-refractivity contribution in [2.45, 2.75) is 19.1 Å². The number of benzene rings is 1. The van der Waals surface area contributed by atoms with Crippen LogP contribution in [-0.2, 0) is 4.74 Å². The first-order valence-corrected chi connectivity index (χ1v) is 8.73. The lowest BCUT2D eigenvalue weighted by Gasteiger charge is -2.16. The topological polar surface area (TPSA) is 92.6 Å². The van der Waals surface area contributed by atoms with Crippen molar-refractivity contribution >= 4 is 22.7 Å². The van der Waals surface area contributed by atoms with E-state index in [9.17, 15) is 4.39 Å². The number of rotatable bonds is 6. The van der Waals surface area contributed by atoms with E-state index in [1.54, 1.807) is 30.1 Å². The van der Waals surface area contributed by atoms with Crippen LogP contribution in [0.1, 0.15) is 19.1 Å². The Hall–Kier alpha value is -3.14. The van der Waals surface area contributed by atoms with Gasteiger partial charge in [0.25, 0.3) is 0 Å². The Morgan fingerprint density at radius 1 is 1.14 bits per heavy atom. The number of methoxy groups -OCH3 is 3. The molecule has 1 aromatic carbocycles. The van der Waals surface area contributed by atoms with Gasteiger partial charge in [-0.15, -0.1) is 0 Å². The molecule has 3 heterocycles. The first-order valence-electron chi connectivity index (χ1n) is 8.73. The normalized spacial score (nSPS) is 16.4. The Balaban J connectivity index is 1.80. The van der Waals surface area contributed by atoms with Crippen molar-refractivity contribution in [1.82, 2.24) is 19.5 Å². The number of halogens is 1. The summed E-state index contributed by atoms with van der Waals surface area (Å²) in [5.41, 5.74) is 1.24. The van der Waals surface area contributed by atoms with E-state index in [0.717, 1.165) is 12.8 Å². The average Bonchev–Trinajstić information content (AvgIpc) is 3.37. The summed E-state index contributed by atoms with van der Waals surface area (Å²) in [6, 6.07) is 3.37. The molecule has 4 rings (SSSR count). The van der Waals surface area contributed by atoms with Gasteiger partial charge in [0.1, 0.15) is 29.2 Å². The van der Waals surface area contributed by atoms with Crippen LogP contribution in [-0.4, -0.2) is 47.5 Å². The first kappa shape index (κ1) is 18.2. The monoisotopic (exact) mass is 389 g/mol. The molecule has 0 amide bonds. The SMILES string of the molecule is COc1cc(OC)c(Nc2nc(F)nc3c2ncn3C2CCCO2)c(OC)c1. The quantitative estimate of drug-likeness (QED) is 0.643. The lowest BCUT2D eigenvalue weighted by atomic mass is 10.2.